The SMILES string of the molecule is CCCCCC(Nc1ccccc1)(O[SiH](C)C)C(C)(C)C. The van der Waals surface area contributed by atoms with Crippen molar-refractivity contribution in [3.63, 3.8) is 0 Å². The maximum Gasteiger partial charge on any atom is 0.174 e. The lowest BCUT2D eigenvalue weighted by atomic mass is 9.79. The Kier molecular flexibility index (Phi) is 6.95. The Morgan fingerprint density at radius 1 is 1.05 bits per heavy atom. The number of anilines is 1. The molecule has 1 aromatic rings. The van der Waals surface area contributed by atoms with Crippen molar-refractivity contribution in [2.75, 3.05) is 5.32 Å². The molecule has 0 saturated carbocycles. The van der Waals surface area contributed by atoms with Crippen molar-refractivity contribution >= 4 is 14.7 Å². The maximum absolute atomic E-state index is 6.58. The molecule has 1 aromatic carbocycles. The minimum Gasteiger partial charge on any atom is -0.398 e. The van der Waals surface area contributed by atoms with E-state index in [0.717, 1.165) is 12.1 Å². The van der Waals surface area contributed by atoms with Gasteiger partial charge < -0.3 is 9.74 Å². The topological polar surface area (TPSA) is 21.3 Å². The second-order valence-corrected chi connectivity index (χ2v) is 9.52. The average molecular weight is 308 g/mol. The minimum atomic E-state index is -1.15. The van der Waals surface area contributed by atoms with Gasteiger partial charge in [0.2, 0.25) is 0 Å². The molecule has 0 aliphatic rings. The number of nitrogens with one attached hydrogen (secondary N) is 1. The molecule has 0 aliphatic heterocycles. The van der Waals surface area contributed by atoms with Gasteiger partial charge in [0.25, 0.3) is 0 Å². The molecule has 0 heterocycles. The molecule has 0 aliphatic carbocycles. The average Bonchev–Trinajstić information content (AvgIpc) is 2.38. The van der Waals surface area contributed by atoms with Gasteiger partial charge in [-0.2, -0.15) is 0 Å². The zero-order valence-electron chi connectivity index (χ0n) is 14.7. The number of hydrogen-bond donors (Lipinski definition) is 1. The van der Waals surface area contributed by atoms with Gasteiger partial charge in [-0.3, -0.25) is 0 Å². The predicted octanol–water partition coefficient (Wildman–Crippen LogP) is 5.42. The molecule has 1 rings (SSSR count). The summed E-state index contributed by atoms with van der Waals surface area (Å²) in [7, 11) is -1.15. The van der Waals surface area contributed by atoms with Crippen molar-refractivity contribution in [1.82, 2.24) is 0 Å². The highest BCUT2D eigenvalue weighted by Gasteiger charge is 2.43. The van der Waals surface area contributed by atoms with Gasteiger partial charge in [-0.05, 0) is 38.1 Å². The van der Waals surface area contributed by atoms with Gasteiger partial charge in [0.1, 0.15) is 5.72 Å². The summed E-state index contributed by atoms with van der Waals surface area (Å²) >= 11 is 0. The van der Waals surface area contributed by atoms with Crippen LogP contribution in [0, 0.1) is 5.41 Å². The molecule has 2 nitrogen and oxygen atoms in total. The molecule has 21 heavy (non-hydrogen) atoms. The fourth-order valence-corrected chi connectivity index (χ4v) is 4.01. The molecule has 3 heteroatoms. The maximum atomic E-state index is 6.58. The van der Waals surface area contributed by atoms with E-state index in [9.17, 15) is 0 Å². The van der Waals surface area contributed by atoms with Crippen LogP contribution in [0.15, 0.2) is 30.3 Å². The summed E-state index contributed by atoms with van der Waals surface area (Å²) in [5.41, 5.74) is 0.927. The Balaban J connectivity index is 3.03. The van der Waals surface area contributed by atoms with Crippen molar-refractivity contribution in [3.8, 4) is 0 Å². The van der Waals surface area contributed by atoms with Crippen molar-refractivity contribution < 1.29 is 4.43 Å². The highest BCUT2D eigenvalue weighted by Crippen LogP contribution is 2.39. The molecule has 0 radical (unpaired) electrons. The third-order valence-corrected chi connectivity index (χ3v) is 4.77. The third-order valence-electron chi connectivity index (χ3n) is 3.90. The standard InChI is InChI=1S/C18H33NOSi/c1-7-8-12-15-18(17(2,3)4,20-21(5)6)19-16-13-10-9-11-14-16/h9-11,13-14,19,21H,7-8,12,15H2,1-6H3. The summed E-state index contributed by atoms with van der Waals surface area (Å²) in [6.07, 6.45) is 4.76. The van der Waals surface area contributed by atoms with Crippen LogP contribution in [0.4, 0.5) is 5.69 Å². The van der Waals surface area contributed by atoms with Gasteiger partial charge >= 0.3 is 0 Å². The zero-order chi connectivity index (χ0) is 15.9. The van der Waals surface area contributed by atoms with Crippen LogP contribution < -0.4 is 5.32 Å². The van der Waals surface area contributed by atoms with Crippen LogP contribution in [0.5, 0.6) is 0 Å². The van der Waals surface area contributed by atoms with E-state index in [2.05, 4.69) is 76.4 Å². The summed E-state index contributed by atoms with van der Waals surface area (Å²) in [5.74, 6) is 0. The fraction of sp³-hybridized carbons (Fsp3) is 0.667. The molecular formula is C18H33NOSi. The Bertz CT molecular complexity index is 399. The first-order valence-electron chi connectivity index (χ1n) is 8.32. The van der Waals surface area contributed by atoms with Crippen LogP contribution >= 0.6 is 0 Å². The highest BCUT2D eigenvalue weighted by atomic mass is 28.3. The first kappa shape index (κ1) is 18.2. The Hall–Kier alpha value is -0.803. The predicted molar refractivity (Wildman–Crippen MR) is 96.4 cm³/mol. The van der Waals surface area contributed by atoms with E-state index < -0.39 is 9.04 Å². The molecule has 0 fully saturated rings. The normalized spacial score (nSPS) is 15.0. The van der Waals surface area contributed by atoms with Gasteiger partial charge in [-0.25, -0.2) is 0 Å². The lowest BCUT2D eigenvalue weighted by Crippen LogP contribution is -2.54. The monoisotopic (exact) mass is 307 g/mol. The van der Waals surface area contributed by atoms with Crippen molar-refractivity contribution in [2.45, 2.75) is 72.2 Å². The Labute approximate surface area is 133 Å². The van der Waals surface area contributed by atoms with Gasteiger partial charge in [-0.15, -0.1) is 0 Å². The summed E-state index contributed by atoms with van der Waals surface area (Å²) in [4.78, 5) is 0. The summed E-state index contributed by atoms with van der Waals surface area (Å²) < 4.78 is 6.58. The number of para-hydroxylation sites is 1. The van der Waals surface area contributed by atoms with Gasteiger partial charge in [-0.1, -0.05) is 58.7 Å². The van der Waals surface area contributed by atoms with E-state index in [1.165, 1.54) is 19.3 Å². The van der Waals surface area contributed by atoms with Gasteiger partial charge in [0, 0.05) is 11.1 Å². The lowest BCUT2D eigenvalue weighted by Gasteiger charge is -2.47. The molecular weight excluding hydrogens is 274 g/mol. The number of hydrogen-bond acceptors (Lipinski definition) is 2. The minimum absolute atomic E-state index is 0.0495. The molecule has 0 aromatic heterocycles. The highest BCUT2D eigenvalue weighted by molar-refractivity contribution is 6.48. The molecule has 0 bridgehead atoms. The van der Waals surface area contributed by atoms with Crippen LogP contribution in [0.3, 0.4) is 0 Å². The largest absolute Gasteiger partial charge is 0.398 e. The van der Waals surface area contributed by atoms with Crippen LogP contribution in [0.25, 0.3) is 0 Å². The Morgan fingerprint density at radius 3 is 2.14 bits per heavy atom. The van der Waals surface area contributed by atoms with E-state index in [4.69, 9.17) is 4.43 Å². The molecule has 120 valence electrons. The summed E-state index contributed by atoms with van der Waals surface area (Å²) in [6, 6.07) is 10.5. The van der Waals surface area contributed by atoms with Gasteiger partial charge in [0.05, 0.1) is 0 Å². The van der Waals surface area contributed by atoms with Crippen LogP contribution in [0.1, 0.15) is 53.4 Å². The zero-order valence-corrected chi connectivity index (χ0v) is 15.9. The van der Waals surface area contributed by atoms with Crippen LogP contribution in [0.2, 0.25) is 13.1 Å². The molecule has 1 atom stereocenters. The second-order valence-electron chi connectivity index (χ2n) is 7.19. The Morgan fingerprint density at radius 2 is 1.67 bits per heavy atom. The summed E-state index contributed by atoms with van der Waals surface area (Å²) in [6.45, 7) is 13.6. The number of rotatable bonds is 8. The molecule has 1 N–H and O–H groups in total. The molecule has 1 unspecified atom stereocenters. The third kappa shape index (κ3) is 5.48. The molecule has 0 saturated heterocycles. The van der Waals surface area contributed by atoms with Gasteiger partial charge in [0.15, 0.2) is 9.04 Å². The van der Waals surface area contributed by atoms with E-state index in [-0.39, 0.29) is 11.1 Å². The van der Waals surface area contributed by atoms with E-state index in [1.54, 1.807) is 0 Å². The number of benzene rings is 1. The smallest absolute Gasteiger partial charge is 0.174 e. The second kappa shape index (κ2) is 8.00. The fourth-order valence-electron chi connectivity index (χ4n) is 2.67. The van der Waals surface area contributed by atoms with E-state index in [0.29, 0.717) is 0 Å². The molecule has 0 amide bonds. The summed E-state index contributed by atoms with van der Waals surface area (Å²) in [5, 5.41) is 3.74. The molecule has 0 spiro atoms. The first-order chi connectivity index (χ1) is 9.81. The van der Waals surface area contributed by atoms with Crippen LogP contribution in [-0.2, 0) is 4.43 Å². The van der Waals surface area contributed by atoms with Crippen molar-refractivity contribution in [3.05, 3.63) is 30.3 Å². The van der Waals surface area contributed by atoms with Crippen molar-refractivity contribution in [1.29, 1.82) is 0 Å². The van der Waals surface area contributed by atoms with Crippen LogP contribution in [-0.4, -0.2) is 14.8 Å². The lowest BCUT2D eigenvalue weighted by molar-refractivity contribution is -0.0186. The van der Waals surface area contributed by atoms with Crippen molar-refractivity contribution in [2.24, 2.45) is 5.41 Å². The number of unbranched alkanes of at least 4 members (excludes halogenated alkanes) is 2. The quantitative estimate of drug-likeness (QED) is 0.393. The first-order valence-corrected chi connectivity index (χ1v) is 11.1. The van der Waals surface area contributed by atoms with E-state index >= 15 is 0 Å². The van der Waals surface area contributed by atoms with E-state index in [1.807, 2.05) is 0 Å².